The van der Waals surface area contributed by atoms with Gasteiger partial charge in [0.1, 0.15) is 0 Å². The molecule has 0 spiro atoms. The van der Waals surface area contributed by atoms with Gasteiger partial charge in [0.05, 0.1) is 0 Å². The van der Waals surface area contributed by atoms with E-state index in [0.29, 0.717) is 0 Å². The van der Waals surface area contributed by atoms with Crippen molar-refractivity contribution in [1.29, 1.82) is 0 Å². The van der Waals surface area contributed by atoms with Crippen LogP contribution in [0.4, 0.5) is 5.69 Å². The van der Waals surface area contributed by atoms with Gasteiger partial charge in [-0.2, -0.15) is 0 Å². The fraction of sp³-hybridized carbons (Fsp3) is 0.0909. The van der Waals surface area contributed by atoms with E-state index in [-0.39, 0.29) is 0 Å². The van der Waals surface area contributed by atoms with Crippen LogP contribution >= 0.6 is 0 Å². The Kier molecular flexibility index (Phi) is 5.77. The molecule has 0 bridgehead atoms. The maximum atomic E-state index is 6.07. The van der Waals surface area contributed by atoms with Gasteiger partial charge in [-0.1, -0.05) is 111 Å². The Morgan fingerprint density at radius 1 is 0.441 bits per heavy atom. The summed E-state index contributed by atoms with van der Waals surface area (Å²) in [7, 11) is 0. The van der Waals surface area contributed by atoms with Gasteiger partial charge in [-0.05, 0) is 73.1 Å². The molecule has 0 saturated heterocycles. The fourth-order valence-electron chi connectivity index (χ4n) is 5.00. The fourth-order valence-corrected chi connectivity index (χ4v) is 5.00. The van der Waals surface area contributed by atoms with Crippen LogP contribution < -0.4 is 5.73 Å². The van der Waals surface area contributed by atoms with Crippen molar-refractivity contribution in [3.63, 3.8) is 0 Å². The van der Waals surface area contributed by atoms with Crippen LogP contribution in [0, 0.1) is 6.92 Å². The molecule has 0 amide bonds. The summed E-state index contributed by atoms with van der Waals surface area (Å²) in [6, 6.07) is 38.5. The zero-order valence-electron chi connectivity index (χ0n) is 20.0. The number of rotatable bonds is 0. The highest BCUT2D eigenvalue weighted by Crippen LogP contribution is 2.36. The van der Waals surface area contributed by atoms with E-state index in [4.69, 9.17) is 5.73 Å². The molecule has 0 aliphatic rings. The van der Waals surface area contributed by atoms with Gasteiger partial charge in [0.25, 0.3) is 0 Å². The van der Waals surface area contributed by atoms with Crippen LogP contribution in [0.15, 0.2) is 109 Å². The maximum absolute atomic E-state index is 6.07. The second-order valence-electron chi connectivity index (χ2n) is 8.45. The van der Waals surface area contributed by atoms with E-state index in [1.165, 1.54) is 54.0 Å². The van der Waals surface area contributed by atoms with Crippen LogP contribution in [0.3, 0.4) is 0 Å². The number of fused-ring (bicyclic) bond motifs is 2. The van der Waals surface area contributed by atoms with Gasteiger partial charge in [-0.3, -0.25) is 0 Å². The second kappa shape index (κ2) is 9.03. The minimum absolute atomic E-state index is 0.857. The van der Waals surface area contributed by atoms with Crippen molar-refractivity contribution in [2.45, 2.75) is 20.8 Å². The lowest BCUT2D eigenvalue weighted by atomic mass is 9.94. The molecule has 0 saturated carbocycles. The predicted octanol–water partition coefficient (Wildman–Crippen LogP) is 9.49. The monoisotopic (exact) mass is 439 g/mol. The van der Waals surface area contributed by atoms with Crippen molar-refractivity contribution in [1.82, 2.24) is 0 Å². The lowest BCUT2D eigenvalue weighted by Gasteiger charge is -2.11. The van der Waals surface area contributed by atoms with Gasteiger partial charge in [-0.15, -0.1) is 0 Å². The number of nitrogens with two attached hydrogens (primary N) is 1. The summed E-state index contributed by atoms with van der Waals surface area (Å²) in [6.07, 6.45) is 0. The standard InChI is InChI=1S/C16H11N.C15H12.C2H6/c17-14-9-7-12-5-4-10-2-1-3-11-6-8-13(14)16(12)15(10)11;1-11-14-8-4-2-6-12(14)10-13-7-3-5-9-15(11)13;1-2/h1-9H,17H2;2-10H,1H3;1-2H3. The van der Waals surface area contributed by atoms with Crippen molar-refractivity contribution < 1.29 is 0 Å². The topological polar surface area (TPSA) is 26.0 Å². The molecular weight excluding hydrogens is 410 g/mol. The van der Waals surface area contributed by atoms with E-state index in [1.54, 1.807) is 0 Å². The third kappa shape index (κ3) is 3.60. The number of benzene rings is 7. The van der Waals surface area contributed by atoms with Crippen molar-refractivity contribution in [2.75, 3.05) is 5.73 Å². The molecule has 166 valence electrons. The zero-order valence-corrected chi connectivity index (χ0v) is 20.0. The number of anilines is 1. The third-order valence-corrected chi connectivity index (χ3v) is 6.60. The lowest BCUT2D eigenvalue weighted by Crippen LogP contribution is -1.89. The number of nitrogen functional groups attached to an aromatic ring is 1. The molecule has 0 atom stereocenters. The number of hydrogen-bond donors (Lipinski definition) is 1. The van der Waals surface area contributed by atoms with Crippen LogP contribution in [-0.4, -0.2) is 0 Å². The molecule has 0 aromatic heterocycles. The van der Waals surface area contributed by atoms with Crippen molar-refractivity contribution >= 4 is 59.5 Å². The molecular formula is C33H29N. The van der Waals surface area contributed by atoms with Crippen LogP contribution in [0.1, 0.15) is 19.4 Å². The van der Waals surface area contributed by atoms with E-state index in [9.17, 15) is 0 Å². The van der Waals surface area contributed by atoms with Gasteiger partial charge < -0.3 is 5.73 Å². The number of aryl methyl sites for hydroxylation is 1. The predicted molar refractivity (Wildman–Crippen MR) is 152 cm³/mol. The lowest BCUT2D eigenvalue weighted by molar-refractivity contribution is 1.50. The van der Waals surface area contributed by atoms with E-state index < -0.39 is 0 Å². The Balaban J connectivity index is 0.000000133. The first kappa shape index (κ1) is 21.7. The molecule has 0 aliphatic heterocycles. The Morgan fingerprint density at radius 3 is 1.53 bits per heavy atom. The quantitative estimate of drug-likeness (QED) is 0.142. The normalized spacial score (nSPS) is 10.9. The first-order chi connectivity index (χ1) is 16.7. The van der Waals surface area contributed by atoms with E-state index in [0.717, 1.165) is 11.1 Å². The van der Waals surface area contributed by atoms with Crippen LogP contribution in [-0.2, 0) is 0 Å². The van der Waals surface area contributed by atoms with Crippen molar-refractivity contribution in [3.8, 4) is 0 Å². The van der Waals surface area contributed by atoms with Gasteiger partial charge in [-0.25, -0.2) is 0 Å². The molecule has 1 heteroatoms. The molecule has 0 aliphatic carbocycles. The largest absolute Gasteiger partial charge is 0.398 e. The Labute approximate surface area is 200 Å². The number of hydrogen-bond acceptors (Lipinski definition) is 1. The highest BCUT2D eigenvalue weighted by Gasteiger charge is 2.08. The van der Waals surface area contributed by atoms with Gasteiger partial charge >= 0.3 is 0 Å². The van der Waals surface area contributed by atoms with Crippen LogP contribution in [0.2, 0.25) is 0 Å². The van der Waals surface area contributed by atoms with Gasteiger partial charge in [0, 0.05) is 11.1 Å². The SMILES string of the molecule is CC.Cc1c2ccccc2cc2ccccc12.Nc1ccc2ccc3cccc4ccc1c2c34. The van der Waals surface area contributed by atoms with Gasteiger partial charge in [0.2, 0.25) is 0 Å². The van der Waals surface area contributed by atoms with Crippen molar-refractivity contribution in [3.05, 3.63) is 115 Å². The summed E-state index contributed by atoms with van der Waals surface area (Å²) >= 11 is 0. The molecule has 0 fully saturated rings. The highest BCUT2D eigenvalue weighted by molar-refractivity contribution is 6.25. The van der Waals surface area contributed by atoms with E-state index in [1.807, 2.05) is 19.9 Å². The molecule has 0 radical (unpaired) electrons. The summed E-state index contributed by atoms with van der Waals surface area (Å²) in [5.41, 5.74) is 8.30. The summed E-state index contributed by atoms with van der Waals surface area (Å²) in [5, 5.41) is 13.0. The summed E-state index contributed by atoms with van der Waals surface area (Å²) in [4.78, 5) is 0. The Hall–Kier alpha value is -4.10. The molecule has 0 heterocycles. The summed E-state index contributed by atoms with van der Waals surface area (Å²) in [5.74, 6) is 0. The average molecular weight is 440 g/mol. The molecule has 0 unspecified atom stereocenters. The van der Waals surface area contributed by atoms with Crippen molar-refractivity contribution in [2.24, 2.45) is 0 Å². The molecule has 2 N–H and O–H groups in total. The van der Waals surface area contributed by atoms with Crippen LogP contribution in [0.5, 0.6) is 0 Å². The smallest absolute Gasteiger partial charge is 0.0394 e. The molecule has 7 aromatic carbocycles. The minimum Gasteiger partial charge on any atom is -0.398 e. The highest BCUT2D eigenvalue weighted by atomic mass is 14.5. The van der Waals surface area contributed by atoms with Crippen LogP contribution in [0.25, 0.3) is 53.9 Å². The third-order valence-electron chi connectivity index (χ3n) is 6.60. The zero-order chi connectivity index (χ0) is 23.7. The molecule has 7 rings (SSSR count). The average Bonchev–Trinajstić information content (AvgIpc) is 2.90. The second-order valence-corrected chi connectivity index (χ2v) is 8.45. The summed E-state index contributed by atoms with van der Waals surface area (Å²) < 4.78 is 0. The Bertz CT molecular complexity index is 1670. The Morgan fingerprint density at radius 2 is 0.912 bits per heavy atom. The first-order valence-corrected chi connectivity index (χ1v) is 12.0. The molecule has 7 aromatic rings. The minimum atomic E-state index is 0.857. The first-order valence-electron chi connectivity index (χ1n) is 12.0. The van der Waals surface area contributed by atoms with E-state index in [2.05, 4.69) is 110 Å². The summed E-state index contributed by atoms with van der Waals surface area (Å²) in [6.45, 7) is 6.20. The van der Waals surface area contributed by atoms with E-state index >= 15 is 0 Å². The maximum Gasteiger partial charge on any atom is 0.0394 e. The molecule has 34 heavy (non-hydrogen) atoms. The molecule has 1 nitrogen and oxygen atoms in total. The van der Waals surface area contributed by atoms with Gasteiger partial charge in [0.15, 0.2) is 0 Å².